The van der Waals surface area contributed by atoms with Gasteiger partial charge in [0.25, 0.3) is 0 Å². The largest absolute Gasteiger partial charge is 0.477 e. The van der Waals surface area contributed by atoms with Crippen molar-refractivity contribution in [3.05, 3.63) is 23.9 Å². The highest BCUT2D eigenvalue weighted by Crippen LogP contribution is 2.03. The summed E-state index contributed by atoms with van der Waals surface area (Å²) in [6.07, 6.45) is 0. The highest BCUT2D eigenvalue weighted by atomic mass is 16.4. The molecule has 4 N–H and O–H groups in total. The Morgan fingerprint density at radius 3 is 3.00 bits per heavy atom. The summed E-state index contributed by atoms with van der Waals surface area (Å²) < 4.78 is 0. The molecule has 70 valence electrons. The summed E-state index contributed by atoms with van der Waals surface area (Å²) in [6, 6.07) is 4.77. The van der Waals surface area contributed by atoms with Crippen molar-refractivity contribution in [1.82, 2.24) is 4.98 Å². The average Bonchev–Trinajstić information content (AvgIpc) is 2.15. The van der Waals surface area contributed by atoms with Gasteiger partial charge >= 0.3 is 5.97 Å². The number of carboxylic acid groups (broad SMARTS) is 1. The van der Waals surface area contributed by atoms with Gasteiger partial charge < -0.3 is 16.2 Å². The van der Waals surface area contributed by atoms with Crippen LogP contribution in [0.5, 0.6) is 0 Å². The third-order valence-corrected chi connectivity index (χ3v) is 1.42. The molecule has 5 nitrogen and oxygen atoms in total. The minimum atomic E-state index is -1.03. The molecule has 0 aromatic carbocycles. The summed E-state index contributed by atoms with van der Waals surface area (Å²) in [5, 5.41) is 11.5. The van der Waals surface area contributed by atoms with Crippen LogP contribution in [0, 0.1) is 0 Å². The Morgan fingerprint density at radius 1 is 1.62 bits per heavy atom. The van der Waals surface area contributed by atoms with Crippen molar-refractivity contribution in [3.8, 4) is 0 Å². The van der Waals surface area contributed by atoms with E-state index in [1.165, 1.54) is 6.07 Å². The van der Waals surface area contributed by atoms with Crippen LogP contribution < -0.4 is 11.1 Å². The van der Waals surface area contributed by atoms with E-state index in [-0.39, 0.29) is 5.69 Å². The Labute approximate surface area is 75.6 Å². The Bertz CT molecular complexity index is 301. The number of aromatic carboxylic acids is 1. The van der Waals surface area contributed by atoms with Crippen molar-refractivity contribution in [2.24, 2.45) is 5.73 Å². The lowest BCUT2D eigenvalue weighted by Crippen LogP contribution is -2.14. The lowest BCUT2D eigenvalue weighted by atomic mass is 10.3. The number of carboxylic acids is 1. The molecule has 1 aromatic rings. The molecule has 1 rings (SSSR count). The van der Waals surface area contributed by atoms with E-state index in [2.05, 4.69) is 10.3 Å². The predicted octanol–water partition coefficient (Wildman–Crippen LogP) is 0.150. The molecule has 1 aromatic heterocycles. The molecular formula is C8H11N3O2. The zero-order valence-electron chi connectivity index (χ0n) is 7.03. The van der Waals surface area contributed by atoms with Gasteiger partial charge in [0.05, 0.1) is 0 Å². The van der Waals surface area contributed by atoms with E-state index in [0.717, 1.165) is 0 Å². The first kappa shape index (κ1) is 9.47. The van der Waals surface area contributed by atoms with Crippen molar-refractivity contribution in [1.29, 1.82) is 0 Å². The van der Waals surface area contributed by atoms with E-state index in [1.54, 1.807) is 12.1 Å². The molecule has 1 heterocycles. The fourth-order valence-corrected chi connectivity index (χ4v) is 0.853. The normalized spacial score (nSPS) is 9.62. The van der Waals surface area contributed by atoms with Crippen molar-refractivity contribution >= 4 is 11.8 Å². The van der Waals surface area contributed by atoms with Crippen molar-refractivity contribution in [2.75, 3.05) is 18.4 Å². The number of nitrogens with one attached hydrogen (secondary N) is 1. The van der Waals surface area contributed by atoms with Crippen LogP contribution in [0.15, 0.2) is 18.2 Å². The van der Waals surface area contributed by atoms with E-state index in [0.29, 0.717) is 18.9 Å². The van der Waals surface area contributed by atoms with Crippen LogP contribution in [0.1, 0.15) is 10.5 Å². The Kier molecular flexibility index (Phi) is 3.22. The highest BCUT2D eigenvalue weighted by Gasteiger charge is 2.03. The first-order valence-corrected chi connectivity index (χ1v) is 3.88. The Morgan fingerprint density at radius 2 is 2.38 bits per heavy atom. The first-order valence-electron chi connectivity index (χ1n) is 3.88. The van der Waals surface area contributed by atoms with Gasteiger partial charge in [-0.25, -0.2) is 9.78 Å². The van der Waals surface area contributed by atoms with Gasteiger partial charge in [-0.1, -0.05) is 6.07 Å². The maximum Gasteiger partial charge on any atom is 0.354 e. The van der Waals surface area contributed by atoms with Crippen LogP contribution in [0.2, 0.25) is 0 Å². The number of rotatable bonds is 4. The maximum absolute atomic E-state index is 10.5. The second-order valence-corrected chi connectivity index (χ2v) is 2.43. The van der Waals surface area contributed by atoms with E-state index in [1.807, 2.05) is 0 Å². The summed E-state index contributed by atoms with van der Waals surface area (Å²) in [4.78, 5) is 14.4. The molecule has 0 fully saturated rings. The van der Waals surface area contributed by atoms with Crippen LogP contribution in [-0.4, -0.2) is 29.1 Å². The number of hydrogen-bond acceptors (Lipinski definition) is 4. The van der Waals surface area contributed by atoms with Gasteiger partial charge in [0.2, 0.25) is 0 Å². The van der Waals surface area contributed by atoms with Gasteiger partial charge in [-0.05, 0) is 12.1 Å². The van der Waals surface area contributed by atoms with E-state index in [9.17, 15) is 4.79 Å². The average molecular weight is 181 g/mol. The van der Waals surface area contributed by atoms with Crippen molar-refractivity contribution in [2.45, 2.75) is 0 Å². The monoisotopic (exact) mass is 181 g/mol. The summed E-state index contributed by atoms with van der Waals surface area (Å²) in [5.74, 6) is -0.498. The molecule has 5 heteroatoms. The third kappa shape index (κ3) is 2.72. The van der Waals surface area contributed by atoms with Gasteiger partial charge in [0.15, 0.2) is 5.69 Å². The fourth-order valence-electron chi connectivity index (χ4n) is 0.853. The molecule has 0 aliphatic heterocycles. The molecule has 0 aliphatic carbocycles. The van der Waals surface area contributed by atoms with Crippen LogP contribution in [0.3, 0.4) is 0 Å². The van der Waals surface area contributed by atoms with Crippen molar-refractivity contribution in [3.63, 3.8) is 0 Å². The van der Waals surface area contributed by atoms with E-state index < -0.39 is 5.97 Å². The smallest absolute Gasteiger partial charge is 0.354 e. The van der Waals surface area contributed by atoms with Gasteiger partial charge in [-0.2, -0.15) is 0 Å². The number of anilines is 1. The topological polar surface area (TPSA) is 88.2 Å². The minimum absolute atomic E-state index is 0.0296. The molecule has 0 amide bonds. The first-order chi connectivity index (χ1) is 6.24. The Balaban J connectivity index is 2.73. The summed E-state index contributed by atoms with van der Waals surface area (Å²) in [7, 11) is 0. The van der Waals surface area contributed by atoms with Crippen LogP contribution >= 0.6 is 0 Å². The molecule has 0 aliphatic rings. The van der Waals surface area contributed by atoms with Gasteiger partial charge in [0, 0.05) is 13.1 Å². The minimum Gasteiger partial charge on any atom is -0.477 e. The van der Waals surface area contributed by atoms with Gasteiger partial charge in [0.1, 0.15) is 5.82 Å². The Hall–Kier alpha value is -1.62. The van der Waals surface area contributed by atoms with Crippen LogP contribution in [0.25, 0.3) is 0 Å². The summed E-state index contributed by atoms with van der Waals surface area (Å²) in [6.45, 7) is 1.06. The molecule has 0 atom stereocenters. The SMILES string of the molecule is NCCNc1cccc(C(=O)O)n1. The zero-order chi connectivity index (χ0) is 9.68. The zero-order valence-corrected chi connectivity index (χ0v) is 7.03. The quantitative estimate of drug-likeness (QED) is 0.615. The molecule has 13 heavy (non-hydrogen) atoms. The van der Waals surface area contributed by atoms with Crippen LogP contribution in [-0.2, 0) is 0 Å². The summed E-state index contributed by atoms with van der Waals surface area (Å²) in [5.41, 5.74) is 5.30. The molecule has 0 radical (unpaired) electrons. The van der Waals surface area contributed by atoms with E-state index >= 15 is 0 Å². The standard InChI is InChI=1S/C8H11N3O2/c9-4-5-10-7-3-1-2-6(11-7)8(12)13/h1-3H,4-5,9H2,(H,10,11)(H,12,13). The molecule has 0 saturated carbocycles. The summed E-state index contributed by atoms with van der Waals surface area (Å²) >= 11 is 0. The highest BCUT2D eigenvalue weighted by molar-refractivity contribution is 5.85. The molecular weight excluding hydrogens is 170 g/mol. The molecule has 0 spiro atoms. The lowest BCUT2D eigenvalue weighted by Gasteiger charge is -2.03. The number of nitrogens with two attached hydrogens (primary N) is 1. The van der Waals surface area contributed by atoms with Crippen molar-refractivity contribution < 1.29 is 9.90 Å². The second-order valence-electron chi connectivity index (χ2n) is 2.43. The van der Waals surface area contributed by atoms with Gasteiger partial charge in [-0.15, -0.1) is 0 Å². The number of aromatic nitrogens is 1. The van der Waals surface area contributed by atoms with Gasteiger partial charge in [-0.3, -0.25) is 0 Å². The maximum atomic E-state index is 10.5. The molecule has 0 unspecified atom stereocenters. The second kappa shape index (κ2) is 4.42. The third-order valence-electron chi connectivity index (χ3n) is 1.42. The van der Waals surface area contributed by atoms with E-state index in [4.69, 9.17) is 10.8 Å². The number of carbonyl (C=O) groups is 1. The fraction of sp³-hybridized carbons (Fsp3) is 0.250. The predicted molar refractivity (Wildman–Crippen MR) is 48.7 cm³/mol. The number of nitrogens with zero attached hydrogens (tertiary/aromatic N) is 1. The lowest BCUT2D eigenvalue weighted by molar-refractivity contribution is 0.0690. The number of hydrogen-bond donors (Lipinski definition) is 3. The number of pyridine rings is 1. The molecule has 0 saturated heterocycles. The molecule has 0 bridgehead atoms. The van der Waals surface area contributed by atoms with Crippen LogP contribution in [0.4, 0.5) is 5.82 Å².